The molecule has 3 aromatic carbocycles. The van der Waals surface area contributed by atoms with Gasteiger partial charge in [-0.3, -0.25) is 4.79 Å². The van der Waals surface area contributed by atoms with E-state index in [1.54, 1.807) is 6.92 Å². The van der Waals surface area contributed by atoms with E-state index in [2.05, 4.69) is 12.1 Å². The summed E-state index contributed by atoms with van der Waals surface area (Å²) in [5, 5.41) is 11.4. The van der Waals surface area contributed by atoms with Crippen LogP contribution in [0.15, 0.2) is 77.2 Å². The van der Waals surface area contributed by atoms with Crippen LogP contribution < -0.4 is 0 Å². The van der Waals surface area contributed by atoms with E-state index in [1.807, 2.05) is 65.6 Å². The Kier molecular flexibility index (Phi) is 5.50. The van der Waals surface area contributed by atoms with E-state index in [0.29, 0.717) is 24.3 Å². The van der Waals surface area contributed by atoms with Crippen molar-refractivity contribution in [1.29, 1.82) is 0 Å². The lowest BCUT2D eigenvalue weighted by molar-refractivity contribution is -0.132. The Labute approximate surface area is 192 Å². The maximum Gasteiger partial charge on any atom is 0.227 e. The van der Waals surface area contributed by atoms with E-state index in [1.165, 1.54) is 5.56 Å². The summed E-state index contributed by atoms with van der Waals surface area (Å²) in [5.74, 6) is 0.608. The highest BCUT2D eigenvalue weighted by atomic mass is 35.5. The Morgan fingerprint density at radius 2 is 1.94 bits per heavy atom. The maximum absolute atomic E-state index is 13.5. The summed E-state index contributed by atoms with van der Waals surface area (Å²) in [5.41, 5.74) is 5.06. The number of rotatable bonds is 4. The average Bonchev–Trinajstić information content (AvgIpc) is 3.22. The average molecular weight is 446 g/mol. The molecule has 0 fully saturated rings. The Morgan fingerprint density at radius 1 is 1.12 bits per heavy atom. The Morgan fingerprint density at radius 3 is 2.72 bits per heavy atom. The standard InChI is InChI=1S/C27H24ClNO3/c1-17(30)25-16-21-13-18(7-10-24(21)32-25)14-26(31)29-12-11-20-15-22(28)8-9-23(20)27(29)19-5-3-2-4-6-19/h2-10,13,15-17,27,30H,11-12,14H2,1H3. The second-order valence-electron chi connectivity index (χ2n) is 8.37. The van der Waals surface area contributed by atoms with Crippen molar-refractivity contribution in [2.75, 3.05) is 6.54 Å². The molecule has 5 heteroatoms. The number of aliphatic hydroxyl groups is 1. The van der Waals surface area contributed by atoms with E-state index >= 15 is 0 Å². The van der Waals surface area contributed by atoms with E-state index < -0.39 is 6.10 Å². The van der Waals surface area contributed by atoms with Crippen LogP contribution in [-0.2, 0) is 17.6 Å². The first-order valence-corrected chi connectivity index (χ1v) is 11.2. The monoisotopic (exact) mass is 445 g/mol. The largest absolute Gasteiger partial charge is 0.458 e. The molecule has 2 unspecified atom stereocenters. The fourth-order valence-corrected chi connectivity index (χ4v) is 4.76. The summed E-state index contributed by atoms with van der Waals surface area (Å²) in [4.78, 5) is 15.5. The molecule has 162 valence electrons. The lowest BCUT2D eigenvalue weighted by Crippen LogP contribution is -2.41. The summed E-state index contributed by atoms with van der Waals surface area (Å²) in [6.07, 6.45) is 0.418. The summed E-state index contributed by atoms with van der Waals surface area (Å²) in [6.45, 7) is 2.32. The van der Waals surface area contributed by atoms with Crippen molar-refractivity contribution in [1.82, 2.24) is 4.90 Å². The fraction of sp³-hybridized carbons (Fsp3) is 0.222. The van der Waals surface area contributed by atoms with E-state index in [0.717, 1.165) is 33.5 Å². The molecule has 0 saturated heterocycles. The molecule has 0 radical (unpaired) electrons. The van der Waals surface area contributed by atoms with Gasteiger partial charge in [0.25, 0.3) is 0 Å². The van der Waals surface area contributed by atoms with Crippen LogP contribution >= 0.6 is 11.6 Å². The molecule has 2 atom stereocenters. The van der Waals surface area contributed by atoms with E-state index in [-0.39, 0.29) is 11.9 Å². The number of fused-ring (bicyclic) bond motifs is 2. The summed E-state index contributed by atoms with van der Waals surface area (Å²) in [7, 11) is 0. The van der Waals surface area contributed by atoms with E-state index in [9.17, 15) is 9.90 Å². The summed E-state index contributed by atoms with van der Waals surface area (Å²) < 4.78 is 5.67. The molecular formula is C27H24ClNO3. The number of amides is 1. The van der Waals surface area contributed by atoms with Gasteiger partial charge in [0.1, 0.15) is 17.4 Å². The molecule has 0 saturated carbocycles. The number of nitrogens with zero attached hydrogens (tertiary/aromatic N) is 1. The van der Waals surface area contributed by atoms with Crippen LogP contribution in [0.25, 0.3) is 11.0 Å². The first-order valence-electron chi connectivity index (χ1n) is 10.8. The highest BCUT2D eigenvalue weighted by molar-refractivity contribution is 6.30. The lowest BCUT2D eigenvalue weighted by atomic mass is 9.87. The Balaban J connectivity index is 1.46. The molecule has 5 rings (SSSR count). The molecule has 2 heterocycles. The highest BCUT2D eigenvalue weighted by Gasteiger charge is 2.32. The number of carbonyl (C=O) groups is 1. The molecular weight excluding hydrogens is 422 g/mol. The van der Waals surface area contributed by atoms with Crippen LogP contribution in [0.1, 0.15) is 47.1 Å². The Hall–Kier alpha value is -3.08. The van der Waals surface area contributed by atoms with Crippen molar-refractivity contribution in [3.05, 3.63) is 106 Å². The topological polar surface area (TPSA) is 53.7 Å². The van der Waals surface area contributed by atoms with Crippen molar-refractivity contribution < 1.29 is 14.3 Å². The fourth-order valence-electron chi connectivity index (χ4n) is 4.56. The molecule has 4 aromatic rings. The van der Waals surface area contributed by atoms with Crippen molar-refractivity contribution in [2.24, 2.45) is 0 Å². The van der Waals surface area contributed by atoms with Gasteiger partial charge in [-0.2, -0.15) is 0 Å². The normalized spacial score (nSPS) is 16.7. The van der Waals surface area contributed by atoms with Gasteiger partial charge in [0.15, 0.2) is 0 Å². The van der Waals surface area contributed by atoms with Crippen molar-refractivity contribution in [3.63, 3.8) is 0 Å². The van der Waals surface area contributed by atoms with Crippen LogP contribution in [0.5, 0.6) is 0 Å². The minimum Gasteiger partial charge on any atom is -0.458 e. The van der Waals surface area contributed by atoms with Gasteiger partial charge in [-0.15, -0.1) is 0 Å². The third kappa shape index (κ3) is 3.92. The van der Waals surface area contributed by atoms with Gasteiger partial charge >= 0.3 is 0 Å². The number of hydrogen-bond acceptors (Lipinski definition) is 3. The van der Waals surface area contributed by atoms with Gasteiger partial charge < -0.3 is 14.4 Å². The first-order chi connectivity index (χ1) is 15.5. The molecule has 1 aliphatic rings. The third-order valence-corrected chi connectivity index (χ3v) is 6.37. The van der Waals surface area contributed by atoms with Crippen LogP contribution in [-0.4, -0.2) is 22.5 Å². The quantitative estimate of drug-likeness (QED) is 0.428. The zero-order chi connectivity index (χ0) is 22.2. The van der Waals surface area contributed by atoms with Crippen LogP contribution in [0.4, 0.5) is 0 Å². The summed E-state index contributed by atoms with van der Waals surface area (Å²) in [6, 6.07) is 23.6. The predicted octanol–water partition coefficient (Wildman–Crippen LogP) is 5.86. The second-order valence-corrected chi connectivity index (χ2v) is 8.80. The highest BCUT2D eigenvalue weighted by Crippen LogP contribution is 2.37. The number of carbonyl (C=O) groups excluding carboxylic acids is 1. The predicted molar refractivity (Wildman–Crippen MR) is 126 cm³/mol. The van der Waals surface area contributed by atoms with Crippen LogP contribution in [0.2, 0.25) is 5.02 Å². The zero-order valence-corrected chi connectivity index (χ0v) is 18.5. The van der Waals surface area contributed by atoms with Gasteiger partial charge in [0, 0.05) is 17.0 Å². The van der Waals surface area contributed by atoms with Gasteiger partial charge in [-0.1, -0.05) is 54.1 Å². The molecule has 0 aliphatic carbocycles. The number of halogens is 1. The van der Waals surface area contributed by atoms with Gasteiger partial charge in [-0.25, -0.2) is 0 Å². The minimum absolute atomic E-state index is 0.0815. The summed E-state index contributed by atoms with van der Waals surface area (Å²) >= 11 is 6.24. The van der Waals surface area contributed by atoms with Crippen molar-refractivity contribution in [3.8, 4) is 0 Å². The molecule has 0 bridgehead atoms. The molecule has 0 spiro atoms. The van der Waals surface area contributed by atoms with E-state index in [4.69, 9.17) is 16.0 Å². The van der Waals surface area contributed by atoms with Crippen LogP contribution in [0.3, 0.4) is 0 Å². The number of furan rings is 1. The number of benzene rings is 3. The number of hydrogen-bond donors (Lipinski definition) is 1. The molecule has 1 amide bonds. The van der Waals surface area contributed by atoms with Crippen LogP contribution in [0, 0.1) is 0 Å². The smallest absolute Gasteiger partial charge is 0.227 e. The zero-order valence-electron chi connectivity index (χ0n) is 17.8. The van der Waals surface area contributed by atoms with Gasteiger partial charge in [0.2, 0.25) is 5.91 Å². The first kappa shape index (κ1) is 20.8. The van der Waals surface area contributed by atoms with Crippen molar-refractivity contribution >= 4 is 28.5 Å². The molecule has 1 aromatic heterocycles. The lowest BCUT2D eigenvalue weighted by Gasteiger charge is -2.38. The molecule has 1 N–H and O–H groups in total. The molecule has 1 aliphatic heterocycles. The van der Waals surface area contributed by atoms with Crippen molar-refractivity contribution in [2.45, 2.75) is 31.9 Å². The Bertz CT molecular complexity index is 1280. The maximum atomic E-state index is 13.5. The molecule has 32 heavy (non-hydrogen) atoms. The number of aliphatic hydroxyl groups excluding tert-OH is 1. The second kappa shape index (κ2) is 8.45. The van der Waals surface area contributed by atoms with Gasteiger partial charge in [-0.05, 0) is 65.9 Å². The minimum atomic E-state index is -0.666. The third-order valence-electron chi connectivity index (χ3n) is 6.14. The molecule has 4 nitrogen and oxygen atoms in total. The van der Waals surface area contributed by atoms with Gasteiger partial charge in [0.05, 0.1) is 12.5 Å². The SMILES string of the molecule is CC(O)c1cc2cc(CC(=O)N3CCc4cc(Cl)ccc4C3c3ccccc3)ccc2o1.